The van der Waals surface area contributed by atoms with Gasteiger partial charge in [0.1, 0.15) is 0 Å². The highest BCUT2D eigenvalue weighted by Crippen LogP contribution is 2.43. The standard InChI is InChI=1S/C15H11Br2NOS/c1-7-3-4-20-12(7)5-9-13-8(2)10(16)6-11(17)14(13)18-15(9)19/h3-6H,1-2H3,(H,18,19). The van der Waals surface area contributed by atoms with Crippen molar-refractivity contribution in [3.63, 3.8) is 0 Å². The monoisotopic (exact) mass is 411 g/mol. The van der Waals surface area contributed by atoms with E-state index in [0.29, 0.717) is 0 Å². The molecule has 0 unspecified atom stereocenters. The minimum Gasteiger partial charge on any atom is -0.320 e. The predicted molar refractivity (Wildman–Crippen MR) is 92.1 cm³/mol. The minimum absolute atomic E-state index is 0.0466. The Morgan fingerprint density at radius 1 is 1.25 bits per heavy atom. The smallest absolute Gasteiger partial charge is 0.256 e. The summed E-state index contributed by atoms with van der Waals surface area (Å²) in [5.41, 5.74) is 4.82. The molecule has 3 rings (SSSR count). The molecule has 1 aliphatic heterocycles. The molecule has 0 spiro atoms. The maximum absolute atomic E-state index is 12.3. The van der Waals surface area contributed by atoms with E-state index >= 15 is 0 Å². The molecule has 1 N–H and O–H groups in total. The van der Waals surface area contributed by atoms with Crippen LogP contribution in [-0.4, -0.2) is 5.91 Å². The van der Waals surface area contributed by atoms with E-state index < -0.39 is 0 Å². The lowest BCUT2D eigenvalue weighted by Gasteiger charge is -2.08. The van der Waals surface area contributed by atoms with Crippen LogP contribution in [-0.2, 0) is 4.79 Å². The Balaban J connectivity index is 2.25. The Kier molecular flexibility index (Phi) is 3.60. The third kappa shape index (κ3) is 2.18. The summed E-state index contributed by atoms with van der Waals surface area (Å²) >= 11 is 8.70. The molecular formula is C15H11Br2NOS. The first-order valence-electron chi connectivity index (χ1n) is 6.05. The molecule has 0 atom stereocenters. The van der Waals surface area contributed by atoms with Gasteiger partial charge in [-0.2, -0.15) is 0 Å². The van der Waals surface area contributed by atoms with Gasteiger partial charge in [-0.15, -0.1) is 11.3 Å². The Bertz CT molecular complexity index is 761. The van der Waals surface area contributed by atoms with Gasteiger partial charge in [0, 0.05) is 19.4 Å². The van der Waals surface area contributed by atoms with Crippen LogP contribution >= 0.6 is 43.2 Å². The van der Waals surface area contributed by atoms with Crippen molar-refractivity contribution in [2.24, 2.45) is 0 Å². The Hall–Kier alpha value is -0.910. The molecule has 0 bridgehead atoms. The zero-order valence-corrected chi connectivity index (χ0v) is 14.9. The zero-order chi connectivity index (χ0) is 14.4. The van der Waals surface area contributed by atoms with Crippen LogP contribution in [0.4, 0.5) is 5.69 Å². The number of nitrogens with one attached hydrogen (secondary N) is 1. The molecule has 1 amide bonds. The van der Waals surface area contributed by atoms with Gasteiger partial charge in [0.2, 0.25) is 0 Å². The van der Waals surface area contributed by atoms with Gasteiger partial charge in [-0.3, -0.25) is 4.79 Å². The average molecular weight is 413 g/mol. The van der Waals surface area contributed by atoms with Crippen molar-refractivity contribution in [1.82, 2.24) is 0 Å². The van der Waals surface area contributed by atoms with Gasteiger partial charge >= 0.3 is 0 Å². The molecule has 0 fully saturated rings. The number of halogens is 2. The first-order chi connectivity index (χ1) is 9.49. The fraction of sp³-hybridized carbons (Fsp3) is 0.133. The van der Waals surface area contributed by atoms with E-state index in [1.165, 1.54) is 5.56 Å². The fourth-order valence-electron chi connectivity index (χ4n) is 2.27. The highest BCUT2D eigenvalue weighted by atomic mass is 79.9. The Morgan fingerprint density at radius 3 is 2.65 bits per heavy atom. The van der Waals surface area contributed by atoms with Gasteiger partial charge in [0.15, 0.2) is 0 Å². The minimum atomic E-state index is -0.0466. The summed E-state index contributed by atoms with van der Waals surface area (Å²) in [6.07, 6.45) is 1.98. The second-order valence-corrected chi connectivity index (χ2v) is 7.35. The van der Waals surface area contributed by atoms with Crippen molar-refractivity contribution in [1.29, 1.82) is 0 Å². The van der Waals surface area contributed by atoms with E-state index in [4.69, 9.17) is 0 Å². The number of hydrogen-bond acceptors (Lipinski definition) is 2. The highest BCUT2D eigenvalue weighted by Gasteiger charge is 2.29. The number of aryl methyl sites for hydroxylation is 1. The van der Waals surface area contributed by atoms with Crippen LogP contribution in [0.1, 0.15) is 21.6 Å². The lowest BCUT2D eigenvalue weighted by Crippen LogP contribution is -2.03. The molecule has 0 aliphatic carbocycles. The fourth-order valence-corrected chi connectivity index (χ4v) is 4.39. The van der Waals surface area contributed by atoms with Gasteiger partial charge in [-0.05, 0) is 64.5 Å². The van der Waals surface area contributed by atoms with Crippen LogP contribution in [0.5, 0.6) is 0 Å². The SMILES string of the molecule is Cc1ccsc1C=C1C(=O)Nc2c(Br)cc(Br)c(C)c21. The van der Waals surface area contributed by atoms with Crippen LogP contribution in [0.25, 0.3) is 11.6 Å². The maximum Gasteiger partial charge on any atom is 0.256 e. The lowest BCUT2D eigenvalue weighted by atomic mass is 10.0. The van der Waals surface area contributed by atoms with Crippen LogP contribution < -0.4 is 5.32 Å². The van der Waals surface area contributed by atoms with Crippen LogP contribution in [0, 0.1) is 13.8 Å². The first-order valence-corrected chi connectivity index (χ1v) is 8.51. The molecule has 102 valence electrons. The lowest BCUT2D eigenvalue weighted by molar-refractivity contribution is -0.110. The van der Waals surface area contributed by atoms with Crippen molar-refractivity contribution in [2.75, 3.05) is 5.32 Å². The van der Waals surface area contributed by atoms with Crippen LogP contribution in [0.15, 0.2) is 26.5 Å². The number of benzene rings is 1. The zero-order valence-electron chi connectivity index (χ0n) is 10.9. The van der Waals surface area contributed by atoms with E-state index in [1.54, 1.807) is 11.3 Å². The molecule has 1 aliphatic rings. The molecule has 0 saturated carbocycles. The summed E-state index contributed by atoms with van der Waals surface area (Å²) in [5.74, 6) is -0.0466. The largest absolute Gasteiger partial charge is 0.320 e. The number of carbonyl (C=O) groups is 1. The number of hydrogen-bond donors (Lipinski definition) is 1. The van der Waals surface area contributed by atoms with Gasteiger partial charge in [0.25, 0.3) is 5.91 Å². The molecule has 5 heteroatoms. The number of anilines is 1. The van der Waals surface area contributed by atoms with Crippen LogP contribution in [0.2, 0.25) is 0 Å². The summed E-state index contributed by atoms with van der Waals surface area (Å²) in [5, 5.41) is 4.99. The molecule has 2 heterocycles. The molecule has 0 radical (unpaired) electrons. The van der Waals surface area contributed by atoms with Crippen molar-refractivity contribution < 1.29 is 4.79 Å². The third-order valence-corrected chi connectivity index (χ3v) is 5.82. The molecule has 1 aromatic carbocycles. The number of thiophene rings is 1. The number of rotatable bonds is 1. The van der Waals surface area contributed by atoms with Gasteiger partial charge in [0.05, 0.1) is 11.3 Å². The van der Waals surface area contributed by atoms with Gasteiger partial charge in [-0.1, -0.05) is 15.9 Å². The topological polar surface area (TPSA) is 29.1 Å². The summed E-state index contributed by atoms with van der Waals surface area (Å²) < 4.78 is 1.89. The second-order valence-electron chi connectivity index (χ2n) is 4.70. The quantitative estimate of drug-likeness (QED) is 0.625. The number of fused-ring (bicyclic) bond motifs is 1. The summed E-state index contributed by atoms with van der Waals surface area (Å²) in [6, 6.07) is 4.03. The van der Waals surface area contributed by atoms with Crippen molar-refractivity contribution >= 4 is 66.4 Å². The van der Waals surface area contributed by atoms with Crippen LogP contribution in [0.3, 0.4) is 0 Å². The molecule has 1 aromatic heterocycles. The van der Waals surface area contributed by atoms with Gasteiger partial charge in [-0.25, -0.2) is 0 Å². The van der Waals surface area contributed by atoms with E-state index in [0.717, 1.165) is 36.2 Å². The molecule has 2 nitrogen and oxygen atoms in total. The van der Waals surface area contributed by atoms with E-state index in [9.17, 15) is 4.79 Å². The van der Waals surface area contributed by atoms with Crippen molar-refractivity contribution in [3.05, 3.63) is 48.0 Å². The van der Waals surface area contributed by atoms with Crippen molar-refractivity contribution in [3.8, 4) is 0 Å². The average Bonchev–Trinajstić information content (AvgIpc) is 2.93. The summed E-state index contributed by atoms with van der Waals surface area (Å²) in [7, 11) is 0. The Morgan fingerprint density at radius 2 is 2.00 bits per heavy atom. The van der Waals surface area contributed by atoms with E-state index in [-0.39, 0.29) is 5.91 Å². The molecule has 0 saturated heterocycles. The van der Waals surface area contributed by atoms with Gasteiger partial charge < -0.3 is 5.32 Å². The highest BCUT2D eigenvalue weighted by molar-refractivity contribution is 9.11. The third-order valence-electron chi connectivity index (χ3n) is 3.41. The molecular weight excluding hydrogens is 402 g/mol. The maximum atomic E-state index is 12.3. The van der Waals surface area contributed by atoms with E-state index in [1.807, 2.05) is 24.4 Å². The first kappa shape index (κ1) is 14.0. The summed E-state index contributed by atoms with van der Waals surface area (Å²) in [6.45, 7) is 4.07. The molecule has 2 aromatic rings. The number of carbonyl (C=O) groups excluding carboxylic acids is 1. The van der Waals surface area contributed by atoms with E-state index in [2.05, 4.69) is 50.2 Å². The second kappa shape index (κ2) is 5.13. The molecule has 20 heavy (non-hydrogen) atoms. The normalized spacial score (nSPS) is 15.6. The Labute approximate surface area is 138 Å². The number of amides is 1. The summed E-state index contributed by atoms with van der Waals surface area (Å²) in [4.78, 5) is 13.4. The predicted octanol–water partition coefficient (Wildman–Crippen LogP) is 5.38. The van der Waals surface area contributed by atoms with Crippen molar-refractivity contribution in [2.45, 2.75) is 13.8 Å².